The third-order valence-corrected chi connectivity index (χ3v) is 0.697. The van der Waals surface area contributed by atoms with Gasteiger partial charge >= 0.3 is 0 Å². The van der Waals surface area contributed by atoms with Crippen LogP contribution in [0.5, 0.6) is 0 Å². The topological polar surface area (TPSA) is 0 Å². The lowest BCUT2D eigenvalue weighted by Gasteiger charge is -1.80. The van der Waals surface area contributed by atoms with Crippen LogP contribution in [0.2, 0.25) is 5.02 Å². The van der Waals surface area contributed by atoms with Gasteiger partial charge in [0.1, 0.15) is 0 Å². The van der Waals surface area contributed by atoms with Crippen molar-refractivity contribution in [2.24, 2.45) is 0 Å². The molecule has 0 bridgehead atoms. The standard InChI is InChI=1S/C6H5Cl/c7-6-4-2-1-3-5-6/h1-5H/i2D,3D,4D,5D. The van der Waals surface area contributed by atoms with Crippen LogP contribution in [0, 0.1) is 0 Å². The Kier molecular flexibility index (Phi) is 0.508. The molecule has 1 heteroatoms. The molecule has 0 aliphatic rings. The van der Waals surface area contributed by atoms with Gasteiger partial charge in [0.05, 0.1) is 5.48 Å². The fourth-order valence-electron chi connectivity index (χ4n) is 0.266. The second kappa shape index (κ2) is 1.99. The molecule has 0 aliphatic heterocycles. The van der Waals surface area contributed by atoms with Gasteiger partial charge in [0.2, 0.25) is 0 Å². The quantitative estimate of drug-likeness (QED) is 0.488. The molecule has 36 valence electrons. The van der Waals surface area contributed by atoms with Crippen molar-refractivity contribution in [3.63, 3.8) is 0 Å². The number of hydrogen-bond donors (Lipinski definition) is 0. The first-order valence-electron chi connectivity index (χ1n) is 3.77. The highest BCUT2D eigenvalue weighted by atomic mass is 35.5. The first-order valence-corrected chi connectivity index (χ1v) is 2.14. The minimum Gasteiger partial charge on any atom is -0.0843 e. The van der Waals surface area contributed by atoms with E-state index in [1.165, 1.54) is 0 Å². The third-order valence-electron chi connectivity index (χ3n) is 0.508. The van der Waals surface area contributed by atoms with Crippen molar-refractivity contribution in [3.05, 3.63) is 35.3 Å². The van der Waals surface area contributed by atoms with Gasteiger partial charge in [-0.25, -0.2) is 0 Å². The maximum Gasteiger partial charge on any atom is 0.0638 e. The van der Waals surface area contributed by atoms with Crippen LogP contribution >= 0.6 is 11.6 Å². The van der Waals surface area contributed by atoms with E-state index in [0.29, 0.717) is 0 Å². The van der Waals surface area contributed by atoms with Crippen LogP contribution in [-0.4, -0.2) is 0 Å². The van der Waals surface area contributed by atoms with E-state index in [9.17, 15) is 0 Å². The SMILES string of the molecule is [2H]c1cc([2H])c([2H])c(Cl)c1[2H]. The lowest BCUT2D eigenvalue weighted by molar-refractivity contribution is 1.71. The fourth-order valence-corrected chi connectivity index (χ4v) is 0.375. The van der Waals surface area contributed by atoms with E-state index in [-0.39, 0.29) is 29.2 Å². The van der Waals surface area contributed by atoms with Gasteiger partial charge in [0, 0.05) is 5.02 Å². The number of halogens is 1. The van der Waals surface area contributed by atoms with Crippen molar-refractivity contribution >= 4 is 11.6 Å². The summed E-state index contributed by atoms with van der Waals surface area (Å²) in [5.74, 6) is 0. The van der Waals surface area contributed by atoms with Crippen LogP contribution in [0.4, 0.5) is 0 Å². The third kappa shape index (κ3) is 1.20. The molecule has 0 aliphatic carbocycles. The summed E-state index contributed by atoms with van der Waals surface area (Å²) >= 11 is 5.47. The molecule has 1 aromatic rings. The molecule has 0 fully saturated rings. The molecule has 0 amide bonds. The normalized spacial score (nSPS) is 16.7. The van der Waals surface area contributed by atoms with Crippen molar-refractivity contribution in [2.45, 2.75) is 0 Å². The van der Waals surface area contributed by atoms with E-state index in [2.05, 4.69) is 0 Å². The molecule has 0 nitrogen and oxygen atoms in total. The number of hydrogen-bond acceptors (Lipinski definition) is 0. The monoisotopic (exact) mass is 116 g/mol. The van der Waals surface area contributed by atoms with E-state index in [1.807, 2.05) is 0 Å². The lowest BCUT2D eigenvalue weighted by atomic mass is 10.4. The summed E-state index contributed by atoms with van der Waals surface area (Å²) in [7, 11) is 0. The smallest absolute Gasteiger partial charge is 0.0638 e. The highest BCUT2D eigenvalue weighted by Crippen LogP contribution is 2.03. The van der Waals surface area contributed by atoms with Crippen LogP contribution in [-0.2, 0) is 0 Å². The molecule has 1 aromatic carbocycles. The summed E-state index contributed by atoms with van der Waals surface area (Å²) in [6.45, 7) is 0. The maximum atomic E-state index is 7.16. The van der Waals surface area contributed by atoms with Gasteiger partial charge in [-0.1, -0.05) is 29.8 Å². The zero-order valence-electron chi connectivity index (χ0n) is 7.46. The lowest BCUT2D eigenvalue weighted by Crippen LogP contribution is -1.55. The van der Waals surface area contributed by atoms with Gasteiger partial charge in [-0.05, 0) is 12.1 Å². The first-order chi connectivity index (χ1) is 5.04. The Hall–Kier alpha value is -0.490. The van der Waals surface area contributed by atoms with Gasteiger partial charge in [0.25, 0.3) is 0 Å². The predicted molar refractivity (Wildman–Crippen MR) is 31.5 cm³/mol. The first kappa shape index (κ1) is 1.79. The van der Waals surface area contributed by atoms with Crippen molar-refractivity contribution in [1.82, 2.24) is 0 Å². The van der Waals surface area contributed by atoms with E-state index in [0.717, 1.165) is 6.07 Å². The van der Waals surface area contributed by atoms with Gasteiger partial charge in [-0.15, -0.1) is 0 Å². The molecule has 0 radical (unpaired) electrons. The second-order valence-electron chi connectivity index (χ2n) is 0.997. The molecule has 7 heavy (non-hydrogen) atoms. The molecule has 1 rings (SSSR count). The molecule has 0 heterocycles. The van der Waals surface area contributed by atoms with Crippen LogP contribution < -0.4 is 0 Å². The van der Waals surface area contributed by atoms with Gasteiger partial charge in [0.15, 0.2) is 0 Å². The van der Waals surface area contributed by atoms with Crippen molar-refractivity contribution in [1.29, 1.82) is 0 Å². The average Bonchev–Trinajstić information content (AvgIpc) is 1.97. The minimum absolute atomic E-state index is 0.115. The number of rotatable bonds is 0. The Morgan fingerprint density at radius 2 is 2.00 bits per heavy atom. The minimum atomic E-state index is -0.187. The summed E-state index contributed by atoms with van der Waals surface area (Å²) in [4.78, 5) is 0. The zero-order chi connectivity index (χ0) is 8.59. The van der Waals surface area contributed by atoms with Crippen LogP contribution in [0.3, 0.4) is 0 Å². The Labute approximate surface area is 53.4 Å². The number of benzene rings is 1. The van der Waals surface area contributed by atoms with Gasteiger partial charge < -0.3 is 0 Å². The van der Waals surface area contributed by atoms with Crippen LogP contribution in [0.1, 0.15) is 5.48 Å². The highest BCUT2D eigenvalue weighted by Gasteiger charge is 1.74. The van der Waals surface area contributed by atoms with E-state index in [1.54, 1.807) is 0 Å². The molecule has 0 spiro atoms. The van der Waals surface area contributed by atoms with Crippen molar-refractivity contribution in [3.8, 4) is 0 Å². The summed E-state index contributed by atoms with van der Waals surface area (Å²) in [6, 6.07) is 0.531. The van der Waals surface area contributed by atoms with E-state index in [4.69, 9.17) is 17.1 Å². The molecule has 0 aromatic heterocycles. The summed E-state index contributed by atoms with van der Waals surface area (Å²) in [6.07, 6.45) is 0. The summed E-state index contributed by atoms with van der Waals surface area (Å²) in [5.41, 5.74) is 0. The molecule has 0 unspecified atom stereocenters. The molecule has 0 saturated carbocycles. The van der Waals surface area contributed by atoms with Gasteiger partial charge in [-0.3, -0.25) is 0 Å². The molecule has 0 N–H and O–H groups in total. The Balaban J connectivity index is 3.46. The molecular weight excluding hydrogens is 108 g/mol. The Morgan fingerprint density at radius 3 is 2.57 bits per heavy atom. The molecule has 0 atom stereocenters. The average molecular weight is 117 g/mol. The van der Waals surface area contributed by atoms with Gasteiger partial charge in [-0.2, -0.15) is 0 Å². The van der Waals surface area contributed by atoms with Crippen molar-refractivity contribution in [2.75, 3.05) is 0 Å². The molecule has 0 saturated heterocycles. The Morgan fingerprint density at radius 1 is 1.43 bits per heavy atom. The predicted octanol–water partition coefficient (Wildman–Crippen LogP) is 2.34. The molecular formula is C6H5Cl. The van der Waals surface area contributed by atoms with E-state index >= 15 is 0 Å². The maximum absolute atomic E-state index is 7.16. The summed E-state index contributed by atoms with van der Waals surface area (Å²) < 4.78 is 28.6. The van der Waals surface area contributed by atoms with E-state index < -0.39 is 0 Å². The fraction of sp³-hybridized carbons (Fsp3) is 0. The van der Waals surface area contributed by atoms with Crippen molar-refractivity contribution < 1.29 is 5.48 Å². The van der Waals surface area contributed by atoms with Crippen LogP contribution in [0.15, 0.2) is 30.2 Å². The highest BCUT2D eigenvalue weighted by molar-refractivity contribution is 6.30. The summed E-state index contributed by atoms with van der Waals surface area (Å²) in [5, 5.41) is -0.123. The van der Waals surface area contributed by atoms with Crippen LogP contribution in [0.25, 0.3) is 0 Å². The Bertz CT molecular complexity index is 271. The second-order valence-corrected chi connectivity index (χ2v) is 1.37. The largest absolute Gasteiger partial charge is 0.0843 e. The zero-order valence-corrected chi connectivity index (χ0v) is 4.21.